The zero-order valence-corrected chi connectivity index (χ0v) is 12.6. The van der Waals surface area contributed by atoms with Gasteiger partial charge in [0.05, 0.1) is 6.54 Å². The Hall–Kier alpha value is -0.800. The summed E-state index contributed by atoms with van der Waals surface area (Å²) >= 11 is 1.69. The Morgan fingerprint density at radius 3 is 2.22 bits per heavy atom. The van der Waals surface area contributed by atoms with Crippen LogP contribution in [0.25, 0.3) is 0 Å². The van der Waals surface area contributed by atoms with Gasteiger partial charge in [-0.15, -0.1) is 11.8 Å². The zero-order valence-electron chi connectivity index (χ0n) is 11.8. The van der Waals surface area contributed by atoms with Crippen molar-refractivity contribution in [3.8, 4) is 0 Å². The van der Waals surface area contributed by atoms with Gasteiger partial charge in [0.1, 0.15) is 0 Å². The van der Waals surface area contributed by atoms with Crippen molar-refractivity contribution in [2.75, 3.05) is 19.8 Å². The highest BCUT2D eigenvalue weighted by atomic mass is 32.2. The maximum Gasteiger partial charge on any atom is 0.176 e. The topological polar surface area (TPSA) is 20.3 Å². The van der Waals surface area contributed by atoms with E-state index in [1.807, 2.05) is 37.6 Å². The second kappa shape index (κ2) is 7.59. The molecule has 18 heavy (non-hydrogen) atoms. The van der Waals surface area contributed by atoms with Crippen molar-refractivity contribution in [3.05, 3.63) is 29.8 Å². The summed E-state index contributed by atoms with van der Waals surface area (Å²) in [4.78, 5) is 15.5. The summed E-state index contributed by atoms with van der Waals surface area (Å²) in [7, 11) is 2.03. The van der Waals surface area contributed by atoms with Crippen LogP contribution in [-0.4, -0.2) is 36.6 Å². The van der Waals surface area contributed by atoms with E-state index in [0.717, 1.165) is 18.4 Å². The maximum atomic E-state index is 12.1. The molecule has 0 aromatic heterocycles. The minimum Gasteiger partial charge on any atom is -0.296 e. The lowest BCUT2D eigenvalue weighted by molar-refractivity contribution is 0.0915. The second-order valence-electron chi connectivity index (χ2n) is 4.54. The lowest BCUT2D eigenvalue weighted by atomic mass is 10.1. The minimum atomic E-state index is 0.206. The number of carbonyl (C=O) groups excluding carboxylic acids is 1. The molecule has 100 valence electrons. The third kappa shape index (κ3) is 4.14. The normalized spacial score (nSPS) is 11.2. The lowest BCUT2D eigenvalue weighted by Gasteiger charge is -2.25. The molecule has 2 nitrogen and oxygen atoms in total. The number of ketones is 1. The number of hydrogen-bond acceptors (Lipinski definition) is 3. The van der Waals surface area contributed by atoms with Gasteiger partial charge in [0.2, 0.25) is 0 Å². The molecule has 0 unspecified atom stereocenters. The van der Waals surface area contributed by atoms with Gasteiger partial charge in [-0.25, -0.2) is 0 Å². The summed E-state index contributed by atoms with van der Waals surface area (Å²) < 4.78 is 0. The van der Waals surface area contributed by atoms with E-state index in [1.54, 1.807) is 11.8 Å². The van der Waals surface area contributed by atoms with E-state index in [4.69, 9.17) is 0 Å². The van der Waals surface area contributed by atoms with E-state index >= 15 is 0 Å². The number of thioether (sulfide) groups is 1. The maximum absolute atomic E-state index is 12.1. The molecule has 1 rings (SSSR count). The largest absolute Gasteiger partial charge is 0.296 e. The van der Waals surface area contributed by atoms with Crippen LogP contribution in [0.1, 0.15) is 37.0 Å². The van der Waals surface area contributed by atoms with E-state index in [0.29, 0.717) is 12.6 Å². The standard InChI is InChI=1S/C15H23NOS/c1-5-13(6-2)16(3)11-15(17)12-7-9-14(18-4)10-8-12/h7-10,13H,5-6,11H2,1-4H3. The average molecular weight is 265 g/mol. The van der Waals surface area contributed by atoms with E-state index in [2.05, 4.69) is 18.7 Å². The van der Waals surface area contributed by atoms with E-state index < -0.39 is 0 Å². The molecule has 0 fully saturated rings. The molecule has 0 bridgehead atoms. The van der Waals surface area contributed by atoms with Crippen molar-refractivity contribution < 1.29 is 4.79 Å². The number of carbonyl (C=O) groups is 1. The van der Waals surface area contributed by atoms with Gasteiger partial charge in [0.15, 0.2) is 5.78 Å². The molecule has 0 heterocycles. The molecule has 0 aliphatic rings. The van der Waals surface area contributed by atoms with Crippen LogP contribution in [0.2, 0.25) is 0 Å². The predicted molar refractivity (Wildman–Crippen MR) is 79.6 cm³/mol. The Morgan fingerprint density at radius 1 is 1.22 bits per heavy atom. The molecule has 0 saturated carbocycles. The van der Waals surface area contributed by atoms with Gasteiger partial charge in [0.25, 0.3) is 0 Å². The first-order valence-electron chi connectivity index (χ1n) is 6.49. The molecular formula is C15H23NOS. The molecular weight excluding hydrogens is 242 g/mol. The number of benzene rings is 1. The summed E-state index contributed by atoms with van der Waals surface area (Å²) in [6, 6.07) is 8.37. The van der Waals surface area contributed by atoms with Crippen LogP contribution >= 0.6 is 11.8 Å². The fourth-order valence-electron chi connectivity index (χ4n) is 2.14. The molecule has 3 heteroatoms. The highest BCUT2D eigenvalue weighted by molar-refractivity contribution is 7.98. The van der Waals surface area contributed by atoms with Crippen molar-refractivity contribution in [1.29, 1.82) is 0 Å². The smallest absolute Gasteiger partial charge is 0.176 e. The zero-order chi connectivity index (χ0) is 13.5. The molecule has 0 amide bonds. The number of Topliss-reactive ketones (excluding diaryl/α,β-unsaturated/α-hetero) is 1. The first-order valence-corrected chi connectivity index (χ1v) is 7.72. The van der Waals surface area contributed by atoms with Gasteiger partial charge in [-0.05, 0) is 38.3 Å². The monoisotopic (exact) mass is 265 g/mol. The Kier molecular flexibility index (Phi) is 6.44. The van der Waals surface area contributed by atoms with Crippen LogP contribution < -0.4 is 0 Å². The summed E-state index contributed by atoms with van der Waals surface area (Å²) in [6.07, 6.45) is 4.22. The number of likely N-dealkylation sites (N-methyl/N-ethyl adjacent to an activating group) is 1. The van der Waals surface area contributed by atoms with Gasteiger partial charge in [-0.3, -0.25) is 9.69 Å². The van der Waals surface area contributed by atoms with E-state index in [9.17, 15) is 4.79 Å². The Labute approximate surface area is 115 Å². The predicted octanol–water partition coefficient (Wildman–Crippen LogP) is 3.71. The van der Waals surface area contributed by atoms with E-state index in [1.165, 1.54) is 4.90 Å². The highest BCUT2D eigenvalue weighted by Crippen LogP contribution is 2.15. The first kappa shape index (κ1) is 15.3. The molecule has 0 saturated heterocycles. The van der Waals surface area contributed by atoms with Gasteiger partial charge in [0, 0.05) is 16.5 Å². The van der Waals surface area contributed by atoms with Gasteiger partial charge < -0.3 is 0 Å². The number of hydrogen-bond donors (Lipinski definition) is 0. The van der Waals surface area contributed by atoms with Crippen molar-refractivity contribution in [2.45, 2.75) is 37.6 Å². The summed E-state index contributed by atoms with van der Waals surface area (Å²) in [6.45, 7) is 4.84. The summed E-state index contributed by atoms with van der Waals surface area (Å²) in [5.74, 6) is 0.206. The van der Waals surface area contributed by atoms with Crippen LogP contribution in [-0.2, 0) is 0 Å². The van der Waals surface area contributed by atoms with Crippen LogP contribution in [0.3, 0.4) is 0 Å². The molecule has 0 aliphatic carbocycles. The van der Waals surface area contributed by atoms with Gasteiger partial charge in [-0.2, -0.15) is 0 Å². The van der Waals surface area contributed by atoms with Crippen molar-refractivity contribution in [2.24, 2.45) is 0 Å². The van der Waals surface area contributed by atoms with Crippen molar-refractivity contribution in [3.63, 3.8) is 0 Å². The number of nitrogens with zero attached hydrogens (tertiary/aromatic N) is 1. The van der Waals surface area contributed by atoms with Crippen LogP contribution in [0.4, 0.5) is 0 Å². The molecule has 0 aliphatic heterocycles. The summed E-state index contributed by atoms with van der Waals surface area (Å²) in [5.41, 5.74) is 0.811. The van der Waals surface area contributed by atoms with E-state index in [-0.39, 0.29) is 5.78 Å². The third-order valence-electron chi connectivity index (χ3n) is 3.37. The molecule has 0 atom stereocenters. The molecule has 0 radical (unpaired) electrons. The molecule has 1 aromatic rings. The van der Waals surface area contributed by atoms with Crippen LogP contribution in [0, 0.1) is 0 Å². The number of rotatable bonds is 7. The lowest BCUT2D eigenvalue weighted by Crippen LogP contribution is -2.35. The quantitative estimate of drug-likeness (QED) is 0.553. The highest BCUT2D eigenvalue weighted by Gasteiger charge is 2.15. The van der Waals surface area contributed by atoms with Crippen molar-refractivity contribution >= 4 is 17.5 Å². The van der Waals surface area contributed by atoms with Crippen LogP contribution in [0.15, 0.2) is 29.2 Å². The Balaban J connectivity index is 2.64. The fraction of sp³-hybridized carbons (Fsp3) is 0.533. The molecule has 0 N–H and O–H groups in total. The Morgan fingerprint density at radius 2 is 1.78 bits per heavy atom. The average Bonchev–Trinajstić information content (AvgIpc) is 2.40. The van der Waals surface area contributed by atoms with Crippen LogP contribution in [0.5, 0.6) is 0 Å². The molecule has 1 aromatic carbocycles. The van der Waals surface area contributed by atoms with Crippen molar-refractivity contribution in [1.82, 2.24) is 4.90 Å². The minimum absolute atomic E-state index is 0.206. The third-order valence-corrected chi connectivity index (χ3v) is 4.11. The van der Waals surface area contributed by atoms with Gasteiger partial charge >= 0.3 is 0 Å². The molecule has 0 spiro atoms. The SMILES string of the molecule is CCC(CC)N(C)CC(=O)c1ccc(SC)cc1. The summed E-state index contributed by atoms with van der Waals surface area (Å²) in [5, 5.41) is 0. The first-order chi connectivity index (χ1) is 8.62. The Bertz CT molecular complexity index is 371. The van der Waals surface area contributed by atoms with Gasteiger partial charge in [-0.1, -0.05) is 26.0 Å². The fourth-order valence-corrected chi connectivity index (χ4v) is 2.54. The second-order valence-corrected chi connectivity index (χ2v) is 5.42.